The molecule has 0 spiro atoms. The Morgan fingerprint density at radius 3 is 2.69 bits per heavy atom. The van der Waals surface area contributed by atoms with Gasteiger partial charge in [-0.2, -0.15) is 0 Å². The number of nitrogens with two attached hydrogens (primary N) is 1. The van der Waals surface area contributed by atoms with Crippen LogP contribution in [0.3, 0.4) is 0 Å². The lowest BCUT2D eigenvalue weighted by molar-refractivity contribution is 0.993. The number of aryl methyl sites for hydroxylation is 1. The molecule has 0 saturated heterocycles. The molecule has 0 saturated carbocycles. The molecule has 84 valence electrons. The lowest BCUT2D eigenvalue weighted by atomic mass is 10.2. The van der Waals surface area contributed by atoms with E-state index >= 15 is 0 Å². The maximum atomic E-state index is 5.51. The summed E-state index contributed by atoms with van der Waals surface area (Å²) in [5.74, 6) is 1.83. The fourth-order valence-electron chi connectivity index (χ4n) is 1.37. The largest absolute Gasteiger partial charge is 0.344 e. The third-order valence-corrected chi connectivity index (χ3v) is 3.32. The van der Waals surface area contributed by atoms with Gasteiger partial charge < -0.3 is 10.7 Å². The number of aromatic amines is 1. The van der Waals surface area contributed by atoms with Crippen molar-refractivity contribution in [1.82, 2.24) is 9.97 Å². The van der Waals surface area contributed by atoms with E-state index in [0.29, 0.717) is 6.54 Å². The number of H-pyrrole nitrogens is 1. The van der Waals surface area contributed by atoms with Crippen LogP contribution in [0.1, 0.15) is 17.1 Å². The minimum absolute atomic E-state index is 0.516. The van der Waals surface area contributed by atoms with Gasteiger partial charge in [0.15, 0.2) is 0 Å². The highest BCUT2D eigenvalue weighted by Gasteiger charge is 2.00. The second-order valence-electron chi connectivity index (χ2n) is 3.66. The Morgan fingerprint density at radius 1 is 1.31 bits per heavy atom. The van der Waals surface area contributed by atoms with Crippen LogP contribution in [0.25, 0.3) is 0 Å². The molecule has 0 aliphatic heterocycles. The van der Waals surface area contributed by atoms with Crippen molar-refractivity contribution in [3.05, 3.63) is 47.5 Å². The quantitative estimate of drug-likeness (QED) is 0.798. The molecular weight excluding hydrogens is 218 g/mol. The van der Waals surface area contributed by atoms with Gasteiger partial charge in [0.05, 0.1) is 5.75 Å². The monoisotopic (exact) mass is 233 g/mol. The molecule has 1 aromatic heterocycles. The van der Waals surface area contributed by atoms with Crippen molar-refractivity contribution in [2.24, 2.45) is 5.73 Å². The zero-order valence-electron chi connectivity index (χ0n) is 9.23. The molecule has 2 aromatic rings. The van der Waals surface area contributed by atoms with E-state index in [0.717, 1.165) is 17.3 Å². The molecule has 0 radical (unpaired) electrons. The molecule has 1 aromatic carbocycles. The maximum absolute atomic E-state index is 5.51. The van der Waals surface area contributed by atoms with E-state index in [4.69, 9.17) is 5.73 Å². The van der Waals surface area contributed by atoms with Crippen LogP contribution >= 0.6 is 11.8 Å². The Labute approximate surface area is 99.5 Å². The molecule has 0 unspecified atom stereocenters. The van der Waals surface area contributed by atoms with Crippen molar-refractivity contribution >= 4 is 11.8 Å². The SMILES string of the molecule is Cc1ccc(SCc2ncc(CN)[nH]2)cc1. The Bertz CT molecular complexity index is 448. The lowest BCUT2D eigenvalue weighted by Gasteiger charge is -1.99. The summed E-state index contributed by atoms with van der Waals surface area (Å²) in [6.07, 6.45) is 1.80. The van der Waals surface area contributed by atoms with Gasteiger partial charge in [0.1, 0.15) is 5.82 Å². The predicted octanol–water partition coefficient (Wildman–Crippen LogP) is 2.47. The Hall–Kier alpha value is -1.26. The number of hydrogen-bond donors (Lipinski definition) is 2. The fourth-order valence-corrected chi connectivity index (χ4v) is 2.15. The Kier molecular flexibility index (Phi) is 3.64. The van der Waals surface area contributed by atoms with Crippen molar-refractivity contribution in [3.8, 4) is 0 Å². The van der Waals surface area contributed by atoms with Crippen LogP contribution < -0.4 is 5.73 Å². The normalized spacial score (nSPS) is 10.6. The number of aromatic nitrogens is 2. The van der Waals surface area contributed by atoms with E-state index in [-0.39, 0.29) is 0 Å². The summed E-state index contributed by atoms with van der Waals surface area (Å²) in [4.78, 5) is 8.71. The summed E-state index contributed by atoms with van der Waals surface area (Å²) in [5.41, 5.74) is 7.78. The van der Waals surface area contributed by atoms with Crippen molar-refractivity contribution in [2.75, 3.05) is 0 Å². The Morgan fingerprint density at radius 2 is 2.06 bits per heavy atom. The molecule has 3 N–H and O–H groups in total. The summed E-state index contributed by atoms with van der Waals surface area (Å²) in [5, 5.41) is 0. The van der Waals surface area contributed by atoms with Crippen LogP contribution in [0, 0.1) is 6.92 Å². The smallest absolute Gasteiger partial charge is 0.116 e. The molecule has 0 atom stereocenters. The minimum Gasteiger partial charge on any atom is -0.344 e. The molecule has 4 heteroatoms. The average Bonchev–Trinajstić information content (AvgIpc) is 2.76. The van der Waals surface area contributed by atoms with Crippen LogP contribution in [0.4, 0.5) is 0 Å². The molecule has 0 fully saturated rings. The van der Waals surface area contributed by atoms with Gasteiger partial charge in [-0.15, -0.1) is 11.8 Å². The maximum Gasteiger partial charge on any atom is 0.116 e. The molecular formula is C12H15N3S. The first-order valence-corrected chi connectivity index (χ1v) is 6.19. The van der Waals surface area contributed by atoms with E-state index < -0.39 is 0 Å². The van der Waals surface area contributed by atoms with Crippen molar-refractivity contribution < 1.29 is 0 Å². The van der Waals surface area contributed by atoms with E-state index in [2.05, 4.69) is 41.2 Å². The topological polar surface area (TPSA) is 54.7 Å². The average molecular weight is 233 g/mol. The molecule has 3 nitrogen and oxygen atoms in total. The third-order valence-electron chi connectivity index (χ3n) is 2.30. The molecule has 16 heavy (non-hydrogen) atoms. The predicted molar refractivity (Wildman–Crippen MR) is 67.2 cm³/mol. The summed E-state index contributed by atoms with van der Waals surface area (Å²) < 4.78 is 0. The van der Waals surface area contributed by atoms with Gasteiger partial charge in [-0.25, -0.2) is 4.98 Å². The van der Waals surface area contributed by atoms with Gasteiger partial charge in [0.2, 0.25) is 0 Å². The van der Waals surface area contributed by atoms with E-state index in [1.54, 1.807) is 18.0 Å². The lowest BCUT2D eigenvalue weighted by Crippen LogP contribution is -1.96. The fraction of sp³-hybridized carbons (Fsp3) is 0.250. The molecule has 0 aliphatic carbocycles. The van der Waals surface area contributed by atoms with Gasteiger partial charge in [-0.05, 0) is 19.1 Å². The van der Waals surface area contributed by atoms with Crippen molar-refractivity contribution in [1.29, 1.82) is 0 Å². The number of thioether (sulfide) groups is 1. The molecule has 0 bridgehead atoms. The van der Waals surface area contributed by atoms with E-state index in [9.17, 15) is 0 Å². The molecule has 2 rings (SSSR count). The van der Waals surface area contributed by atoms with Crippen molar-refractivity contribution in [2.45, 2.75) is 24.1 Å². The zero-order chi connectivity index (χ0) is 11.4. The molecule has 0 aliphatic rings. The van der Waals surface area contributed by atoms with Gasteiger partial charge >= 0.3 is 0 Å². The number of nitrogens with one attached hydrogen (secondary N) is 1. The molecule has 1 heterocycles. The minimum atomic E-state index is 0.516. The summed E-state index contributed by atoms with van der Waals surface area (Å²) in [6, 6.07) is 8.51. The zero-order valence-corrected chi connectivity index (χ0v) is 10.1. The second kappa shape index (κ2) is 5.18. The highest BCUT2D eigenvalue weighted by Crippen LogP contribution is 2.21. The summed E-state index contributed by atoms with van der Waals surface area (Å²) in [6.45, 7) is 2.61. The van der Waals surface area contributed by atoms with Crippen LogP contribution in [0.2, 0.25) is 0 Å². The highest BCUT2D eigenvalue weighted by atomic mass is 32.2. The third kappa shape index (κ3) is 2.87. The van der Waals surface area contributed by atoms with Gasteiger partial charge in [0, 0.05) is 23.3 Å². The van der Waals surface area contributed by atoms with Gasteiger partial charge in [-0.3, -0.25) is 0 Å². The first-order valence-electron chi connectivity index (χ1n) is 5.20. The first kappa shape index (κ1) is 11.2. The van der Waals surface area contributed by atoms with Gasteiger partial charge in [-0.1, -0.05) is 17.7 Å². The van der Waals surface area contributed by atoms with Crippen LogP contribution in [0.5, 0.6) is 0 Å². The number of rotatable bonds is 4. The first-order chi connectivity index (χ1) is 7.78. The number of nitrogens with zero attached hydrogens (tertiary/aromatic N) is 1. The van der Waals surface area contributed by atoms with Crippen LogP contribution in [0.15, 0.2) is 35.4 Å². The molecule has 0 amide bonds. The van der Waals surface area contributed by atoms with Crippen molar-refractivity contribution in [3.63, 3.8) is 0 Å². The van der Waals surface area contributed by atoms with E-state index in [1.165, 1.54) is 10.5 Å². The Balaban J connectivity index is 1.94. The number of imidazole rings is 1. The number of hydrogen-bond acceptors (Lipinski definition) is 3. The van der Waals surface area contributed by atoms with E-state index in [1.807, 2.05) is 0 Å². The van der Waals surface area contributed by atoms with Gasteiger partial charge in [0.25, 0.3) is 0 Å². The standard InChI is InChI=1S/C12H15N3S/c1-9-2-4-11(5-3-9)16-8-12-14-7-10(6-13)15-12/h2-5,7H,6,8,13H2,1H3,(H,14,15). The second-order valence-corrected chi connectivity index (χ2v) is 4.71. The summed E-state index contributed by atoms with van der Waals surface area (Å²) >= 11 is 1.77. The number of benzene rings is 1. The summed E-state index contributed by atoms with van der Waals surface area (Å²) in [7, 11) is 0. The van der Waals surface area contributed by atoms with Crippen LogP contribution in [-0.2, 0) is 12.3 Å². The van der Waals surface area contributed by atoms with Crippen LogP contribution in [-0.4, -0.2) is 9.97 Å². The highest BCUT2D eigenvalue weighted by molar-refractivity contribution is 7.98.